The normalized spacial score (nSPS) is 12.9. The van der Waals surface area contributed by atoms with E-state index in [1.807, 2.05) is 0 Å². The van der Waals surface area contributed by atoms with E-state index >= 15 is 0 Å². The van der Waals surface area contributed by atoms with Crippen LogP contribution in [0.2, 0.25) is 0 Å². The average molecular weight is 208 g/mol. The molecule has 0 radical (unpaired) electrons. The molecule has 1 N–H and O–H groups in total. The summed E-state index contributed by atoms with van der Waals surface area (Å²) >= 11 is 0. The zero-order valence-electron chi connectivity index (χ0n) is 7.27. The van der Waals surface area contributed by atoms with Gasteiger partial charge >= 0.3 is 11.8 Å². The van der Waals surface area contributed by atoms with Crippen molar-refractivity contribution in [3.8, 4) is 5.75 Å². The Labute approximate surface area is 78.0 Å². The number of halogens is 4. The number of alkyl halides is 4. The van der Waals surface area contributed by atoms with Crippen molar-refractivity contribution in [3.63, 3.8) is 0 Å². The monoisotopic (exact) mass is 208 g/mol. The number of benzene rings is 1. The van der Waals surface area contributed by atoms with E-state index in [2.05, 4.69) is 0 Å². The minimum atomic E-state index is -4.27. The Morgan fingerprint density at radius 1 is 1.14 bits per heavy atom. The summed E-state index contributed by atoms with van der Waals surface area (Å²) in [6.07, 6.45) is 0. The van der Waals surface area contributed by atoms with Crippen LogP contribution in [-0.2, 0) is 5.92 Å². The second kappa shape index (κ2) is 3.15. The SMILES string of the molecule is CC(F)(F)C(F)(F)c1cccc(O)c1. The first-order chi connectivity index (χ1) is 6.25. The van der Waals surface area contributed by atoms with Gasteiger partial charge in [0.1, 0.15) is 5.75 Å². The predicted molar refractivity (Wildman–Crippen MR) is 42.6 cm³/mol. The Hall–Kier alpha value is -1.26. The van der Waals surface area contributed by atoms with Crippen LogP contribution in [0.5, 0.6) is 5.75 Å². The molecule has 0 bridgehead atoms. The molecule has 1 aromatic carbocycles. The van der Waals surface area contributed by atoms with E-state index in [-0.39, 0.29) is 6.92 Å². The lowest BCUT2D eigenvalue weighted by molar-refractivity contribution is -0.204. The minimum Gasteiger partial charge on any atom is -0.508 e. The fourth-order valence-electron chi connectivity index (χ4n) is 0.955. The van der Waals surface area contributed by atoms with Crippen molar-refractivity contribution < 1.29 is 22.7 Å². The van der Waals surface area contributed by atoms with Gasteiger partial charge in [0.25, 0.3) is 0 Å². The van der Waals surface area contributed by atoms with Gasteiger partial charge in [-0.3, -0.25) is 0 Å². The van der Waals surface area contributed by atoms with Crippen LogP contribution < -0.4 is 0 Å². The van der Waals surface area contributed by atoms with Crippen molar-refractivity contribution in [2.75, 3.05) is 0 Å². The number of phenols is 1. The van der Waals surface area contributed by atoms with Crippen molar-refractivity contribution in [2.24, 2.45) is 0 Å². The average Bonchev–Trinajstić information content (AvgIpc) is 2.02. The lowest BCUT2D eigenvalue weighted by Gasteiger charge is -2.23. The molecule has 78 valence electrons. The van der Waals surface area contributed by atoms with Crippen LogP contribution in [0.3, 0.4) is 0 Å². The van der Waals surface area contributed by atoms with Crippen LogP contribution in [-0.4, -0.2) is 11.0 Å². The van der Waals surface area contributed by atoms with E-state index in [4.69, 9.17) is 5.11 Å². The maximum absolute atomic E-state index is 13.0. The van der Waals surface area contributed by atoms with Crippen LogP contribution in [0.1, 0.15) is 12.5 Å². The first-order valence-electron chi connectivity index (χ1n) is 3.80. The van der Waals surface area contributed by atoms with Crippen LogP contribution in [0, 0.1) is 0 Å². The molecular weight excluding hydrogens is 200 g/mol. The molecule has 0 aliphatic carbocycles. The lowest BCUT2D eigenvalue weighted by atomic mass is 10.0. The molecule has 0 aromatic heterocycles. The van der Waals surface area contributed by atoms with Gasteiger partial charge in [-0.05, 0) is 12.1 Å². The highest BCUT2D eigenvalue weighted by atomic mass is 19.3. The van der Waals surface area contributed by atoms with Gasteiger partial charge < -0.3 is 5.11 Å². The smallest absolute Gasteiger partial charge is 0.335 e. The summed E-state index contributed by atoms with van der Waals surface area (Å²) in [4.78, 5) is 0. The fourth-order valence-corrected chi connectivity index (χ4v) is 0.955. The number of hydrogen-bond acceptors (Lipinski definition) is 1. The molecule has 5 heteroatoms. The molecule has 0 saturated heterocycles. The summed E-state index contributed by atoms with van der Waals surface area (Å²) in [5.74, 6) is -8.89. The summed E-state index contributed by atoms with van der Waals surface area (Å²) in [6.45, 7) is 0.136. The Morgan fingerprint density at radius 3 is 2.14 bits per heavy atom. The third-order valence-corrected chi connectivity index (χ3v) is 1.76. The number of rotatable bonds is 2. The van der Waals surface area contributed by atoms with E-state index in [1.165, 1.54) is 0 Å². The first kappa shape index (κ1) is 10.8. The second-order valence-corrected chi connectivity index (χ2v) is 3.01. The first-order valence-corrected chi connectivity index (χ1v) is 3.80. The van der Waals surface area contributed by atoms with Crippen LogP contribution in [0.15, 0.2) is 24.3 Å². The molecule has 0 unspecified atom stereocenters. The summed E-state index contributed by atoms with van der Waals surface area (Å²) in [6, 6.07) is 3.69. The molecule has 0 aliphatic heterocycles. The maximum Gasteiger partial charge on any atom is 0.335 e. The molecule has 0 amide bonds. The minimum absolute atomic E-state index is 0.136. The molecule has 0 fully saturated rings. The lowest BCUT2D eigenvalue weighted by Crippen LogP contribution is -2.34. The highest BCUT2D eigenvalue weighted by Crippen LogP contribution is 2.42. The van der Waals surface area contributed by atoms with Crippen molar-refractivity contribution in [1.82, 2.24) is 0 Å². The van der Waals surface area contributed by atoms with Crippen LogP contribution in [0.25, 0.3) is 0 Å². The van der Waals surface area contributed by atoms with Gasteiger partial charge in [0.15, 0.2) is 0 Å². The Balaban J connectivity index is 3.16. The maximum atomic E-state index is 13.0. The molecular formula is C9H8F4O. The van der Waals surface area contributed by atoms with E-state index in [1.54, 1.807) is 0 Å². The van der Waals surface area contributed by atoms with Gasteiger partial charge in [-0.1, -0.05) is 12.1 Å². The molecule has 14 heavy (non-hydrogen) atoms. The number of hydrogen-bond donors (Lipinski definition) is 1. The van der Waals surface area contributed by atoms with Crippen molar-refractivity contribution in [1.29, 1.82) is 0 Å². The summed E-state index contributed by atoms with van der Waals surface area (Å²) < 4.78 is 50.9. The fraction of sp³-hybridized carbons (Fsp3) is 0.333. The van der Waals surface area contributed by atoms with Crippen molar-refractivity contribution in [3.05, 3.63) is 29.8 Å². The van der Waals surface area contributed by atoms with E-state index in [0.717, 1.165) is 18.2 Å². The van der Waals surface area contributed by atoms with Gasteiger partial charge in [0.2, 0.25) is 0 Å². The molecule has 1 aromatic rings. The zero-order valence-corrected chi connectivity index (χ0v) is 7.27. The van der Waals surface area contributed by atoms with Crippen LogP contribution >= 0.6 is 0 Å². The number of phenolic OH excluding ortho intramolecular Hbond substituents is 1. The Morgan fingerprint density at radius 2 is 1.71 bits per heavy atom. The van der Waals surface area contributed by atoms with Gasteiger partial charge in [-0.25, -0.2) is 0 Å². The van der Waals surface area contributed by atoms with Crippen molar-refractivity contribution in [2.45, 2.75) is 18.8 Å². The molecule has 0 spiro atoms. The largest absolute Gasteiger partial charge is 0.508 e. The molecule has 0 atom stereocenters. The Kier molecular flexibility index (Phi) is 2.43. The zero-order chi connectivity index (χ0) is 11.0. The number of aromatic hydroxyl groups is 1. The molecule has 0 heterocycles. The highest BCUT2D eigenvalue weighted by Gasteiger charge is 2.53. The molecule has 0 aliphatic rings. The predicted octanol–water partition coefficient (Wildman–Crippen LogP) is 3.14. The quantitative estimate of drug-likeness (QED) is 0.740. The summed E-state index contributed by atoms with van der Waals surface area (Å²) in [5, 5.41) is 8.86. The van der Waals surface area contributed by atoms with Gasteiger partial charge in [-0.15, -0.1) is 0 Å². The van der Waals surface area contributed by atoms with Gasteiger partial charge in [0, 0.05) is 12.5 Å². The standard InChI is InChI=1S/C9H8F4O/c1-8(10,11)9(12,13)6-3-2-4-7(14)5-6/h2-5,14H,1H3. The van der Waals surface area contributed by atoms with Gasteiger partial charge in [-0.2, -0.15) is 17.6 Å². The van der Waals surface area contributed by atoms with Gasteiger partial charge in [0.05, 0.1) is 0 Å². The van der Waals surface area contributed by atoms with Crippen LogP contribution in [0.4, 0.5) is 17.6 Å². The third-order valence-electron chi connectivity index (χ3n) is 1.76. The van der Waals surface area contributed by atoms with E-state index in [9.17, 15) is 17.6 Å². The third kappa shape index (κ3) is 1.81. The molecule has 1 nitrogen and oxygen atoms in total. The van der Waals surface area contributed by atoms with E-state index in [0.29, 0.717) is 6.07 Å². The van der Waals surface area contributed by atoms with Crippen molar-refractivity contribution >= 4 is 0 Å². The molecule has 0 saturated carbocycles. The highest BCUT2D eigenvalue weighted by molar-refractivity contribution is 5.31. The topological polar surface area (TPSA) is 20.2 Å². The van der Waals surface area contributed by atoms with E-state index < -0.39 is 23.2 Å². The summed E-state index contributed by atoms with van der Waals surface area (Å²) in [7, 11) is 0. The molecule has 1 rings (SSSR count). The second-order valence-electron chi connectivity index (χ2n) is 3.01. The Bertz CT molecular complexity index is 330. The summed E-state index contributed by atoms with van der Waals surface area (Å²) in [5.41, 5.74) is -0.898.